The van der Waals surface area contributed by atoms with E-state index in [2.05, 4.69) is 9.97 Å². The number of H-pyrrole nitrogens is 1. The Morgan fingerprint density at radius 1 is 1.32 bits per heavy atom. The first kappa shape index (κ1) is 16.0. The molecule has 0 radical (unpaired) electrons. The lowest BCUT2D eigenvalue weighted by molar-refractivity contribution is 0.0260. The highest BCUT2D eigenvalue weighted by Crippen LogP contribution is 2.50. The molecule has 4 rings (SSSR count). The Morgan fingerprint density at radius 2 is 2.04 bits per heavy atom. The van der Waals surface area contributed by atoms with Gasteiger partial charge in [0.1, 0.15) is 5.69 Å². The molecule has 2 heterocycles. The smallest absolute Gasteiger partial charge is 0.273 e. The van der Waals surface area contributed by atoms with Gasteiger partial charge in [-0.1, -0.05) is 24.3 Å². The Labute approximate surface area is 144 Å². The van der Waals surface area contributed by atoms with E-state index >= 15 is 0 Å². The van der Waals surface area contributed by atoms with Crippen molar-refractivity contribution in [2.75, 3.05) is 13.1 Å². The standard InChI is InChI=1S/C18H20N4O3/c19-15-11-3-1-2-4-12(11)18(16(15)24)5-7-22(8-6-18)17(25)13-9-21-14(23)10-20-13/h1-4,9-10,15-16,24H,5-8,19H2,(H,21,23)/t15-,16+/m1/s1. The van der Waals surface area contributed by atoms with E-state index in [1.165, 1.54) is 6.20 Å². The van der Waals surface area contributed by atoms with Gasteiger partial charge in [0.25, 0.3) is 11.5 Å². The lowest BCUT2D eigenvalue weighted by Gasteiger charge is -2.42. The fourth-order valence-electron chi connectivity index (χ4n) is 4.21. The number of likely N-dealkylation sites (tertiary alicyclic amines) is 1. The van der Waals surface area contributed by atoms with Gasteiger partial charge in [-0.3, -0.25) is 9.59 Å². The number of rotatable bonds is 1. The van der Waals surface area contributed by atoms with E-state index in [-0.39, 0.29) is 23.2 Å². The summed E-state index contributed by atoms with van der Waals surface area (Å²) in [6, 6.07) is 7.52. The summed E-state index contributed by atoms with van der Waals surface area (Å²) in [7, 11) is 0. The molecule has 7 heteroatoms. The number of fused-ring (bicyclic) bond motifs is 2. The third kappa shape index (κ3) is 2.39. The summed E-state index contributed by atoms with van der Waals surface area (Å²) in [5.74, 6) is -0.212. The first-order valence-corrected chi connectivity index (χ1v) is 8.40. The molecule has 25 heavy (non-hydrogen) atoms. The molecule has 1 saturated heterocycles. The van der Waals surface area contributed by atoms with Crippen molar-refractivity contribution in [1.29, 1.82) is 0 Å². The van der Waals surface area contributed by atoms with Gasteiger partial charge in [-0.2, -0.15) is 0 Å². The number of carbonyl (C=O) groups is 1. The van der Waals surface area contributed by atoms with Crippen LogP contribution in [0.3, 0.4) is 0 Å². The average Bonchev–Trinajstić information content (AvgIpc) is 2.85. The van der Waals surface area contributed by atoms with Crippen LogP contribution in [0.1, 0.15) is 40.5 Å². The molecular weight excluding hydrogens is 320 g/mol. The Morgan fingerprint density at radius 3 is 2.72 bits per heavy atom. The highest BCUT2D eigenvalue weighted by molar-refractivity contribution is 5.92. The van der Waals surface area contributed by atoms with Gasteiger partial charge in [-0.05, 0) is 24.0 Å². The molecule has 2 atom stereocenters. The van der Waals surface area contributed by atoms with Crippen molar-refractivity contribution < 1.29 is 9.90 Å². The van der Waals surface area contributed by atoms with Crippen LogP contribution in [-0.2, 0) is 5.41 Å². The quantitative estimate of drug-likeness (QED) is 0.692. The Kier molecular flexibility index (Phi) is 3.70. The van der Waals surface area contributed by atoms with Gasteiger partial charge in [0, 0.05) is 24.7 Å². The summed E-state index contributed by atoms with van der Waals surface area (Å²) in [6.45, 7) is 1.02. The lowest BCUT2D eigenvalue weighted by Crippen LogP contribution is -2.50. The van der Waals surface area contributed by atoms with E-state index < -0.39 is 11.5 Å². The molecule has 1 aliphatic heterocycles. The molecule has 1 fully saturated rings. The molecular formula is C18H20N4O3. The minimum atomic E-state index is -0.645. The molecule has 1 aromatic carbocycles. The molecule has 2 aliphatic rings. The van der Waals surface area contributed by atoms with Crippen molar-refractivity contribution in [3.8, 4) is 0 Å². The van der Waals surface area contributed by atoms with Gasteiger partial charge in [-0.15, -0.1) is 0 Å². The normalized spacial score (nSPS) is 24.3. The van der Waals surface area contributed by atoms with Crippen molar-refractivity contribution in [3.05, 3.63) is 63.8 Å². The summed E-state index contributed by atoms with van der Waals surface area (Å²) >= 11 is 0. The van der Waals surface area contributed by atoms with Crippen LogP contribution in [-0.4, -0.2) is 45.1 Å². The predicted octanol–water partition coefficient (Wildman–Crippen LogP) is 0.318. The fraction of sp³-hybridized carbons (Fsp3) is 0.389. The monoisotopic (exact) mass is 340 g/mol. The number of piperidine rings is 1. The second kappa shape index (κ2) is 5.79. The molecule has 0 unspecified atom stereocenters. The van der Waals surface area contributed by atoms with Gasteiger partial charge >= 0.3 is 0 Å². The third-order valence-electron chi connectivity index (χ3n) is 5.60. The zero-order chi connectivity index (χ0) is 17.6. The van der Waals surface area contributed by atoms with Crippen molar-refractivity contribution in [3.63, 3.8) is 0 Å². The number of aromatic nitrogens is 2. The van der Waals surface area contributed by atoms with Crippen LogP contribution in [0.2, 0.25) is 0 Å². The van der Waals surface area contributed by atoms with Crippen molar-refractivity contribution >= 4 is 5.91 Å². The lowest BCUT2D eigenvalue weighted by atomic mass is 9.72. The molecule has 2 aromatic rings. The molecule has 4 N–H and O–H groups in total. The van der Waals surface area contributed by atoms with E-state index in [4.69, 9.17) is 5.73 Å². The maximum Gasteiger partial charge on any atom is 0.273 e. The number of aliphatic hydroxyl groups is 1. The number of aliphatic hydroxyl groups excluding tert-OH is 1. The van der Waals surface area contributed by atoms with Gasteiger partial charge in [0.05, 0.1) is 18.3 Å². The number of benzene rings is 1. The van der Waals surface area contributed by atoms with Crippen molar-refractivity contribution in [2.45, 2.75) is 30.4 Å². The van der Waals surface area contributed by atoms with Gasteiger partial charge < -0.3 is 20.7 Å². The van der Waals surface area contributed by atoms with Crippen molar-refractivity contribution in [2.24, 2.45) is 5.73 Å². The summed E-state index contributed by atoms with van der Waals surface area (Å²) < 4.78 is 0. The highest BCUT2D eigenvalue weighted by atomic mass is 16.3. The van der Waals surface area contributed by atoms with E-state index in [0.29, 0.717) is 25.9 Å². The van der Waals surface area contributed by atoms with E-state index in [0.717, 1.165) is 17.3 Å². The highest BCUT2D eigenvalue weighted by Gasteiger charge is 2.51. The number of hydrogen-bond donors (Lipinski definition) is 3. The number of nitrogens with two attached hydrogens (primary N) is 1. The second-order valence-electron chi connectivity index (χ2n) is 6.80. The Hall–Kier alpha value is -2.51. The van der Waals surface area contributed by atoms with E-state index in [1.54, 1.807) is 4.90 Å². The summed E-state index contributed by atoms with van der Waals surface area (Å²) in [6.07, 6.45) is 3.09. The second-order valence-corrected chi connectivity index (χ2v) is 6.80. The van der Waals surface area contributed by atoms with Crippen LogP contribution in [0.5, 0.6) is 0 Å². The van der Waals surface area contributed by atoms with E-state index in [1.807, 2.05) is 24.3 Å². The number of carbonyl (C=O) groups excluding carboxylic acids is 1. The molecule has 1 aliphatic carbocycles. The molecule has 1 amide bonds. The van der Waals surface area contributed by atoms with Gasteiger partial charge in [0.2, 0.25) is 0 Å². The number of nitrogens with one attached hydrogen (secondary N) is 1. The number of aromatic amines is 1. The van der Waals surface area contributed by atoms with Gasteiger partial charge in [-0.25, -0.2) is 4.98 Å². The first-order valence-electron chi connectivity index (χ1n) is 8.40. The summed E-state index contributed by atoms with van der Waals surface area (Å²) in [5, 5.41) is 10.8. The molecule has 0 bridgehead atoms. The minimum Gasteiger partial charge on any atom is -0.390 e. The fourth-order valence-corrected chi connectivity index (χ4v) is 4.21. The first-order chi connectivity index (χ1) is 12.0. The van der Waals surface area contributed by atoms with Crippen LogP contribution in [0.4, 0.5) is 0 Å². The van der Waals surface area contributed by atoms with E-state index in [9.17, 15) is 14.7 Å². The summed E-state index contributed by atoms with van der Waals surface area (Å²) in [4.78, 5) is 31.7. The molecule has 7 nitrogen and oxygen atoms in total. The van der Waals surface area contributed by atoms with Crippen LogP contribution in [0.15, 0.2) is 41.5 Å². The number of amides is 1. The zero-order valence-electron chi connectivity index (χ0n) is 13.7. The minimum absolute atomic E-state index is 0.212. The third-order valence-corrected chi connectivity index (χ3v) is 5.60. The SMILES string of the molecule is N[C@@H]1c2ccccc2C2(CCN(C(=O)c3c[nH]c(=O)cn3)CC2)[C@H]1O. The Bertz CT molecular complexity index is 850. The van der Waals surface area contributed by atoms with Gasteiger partial charge in [0.15, 0.2) is 0 Å². The number of hydrogen-bond acceptors (Lipinski definition) is 5. The largest absolute Gasteiger partial charge is 0.390 e. The predicted molar refractivity (Wildman–Crippen MR) is 91.1 cm³/mol. The average molecular weight is 340 g/mol. The molecule has 1 aromatic heterocycles. The van der Waals surface area contributed by atoms with Crippen LogP contribution >= 0.6 is 0 Å². The molecule has 1 spiro atoms. The van der Waals surface area contributed by atoms with Crippen LogP contribution in [0, 0.1) is 0 Å². The zero-order valence-corrected chi connectivity index (χ0v) is 13.7. The molecule has 0 saturated carbocycles. The summed E-state index contributed by atoms with van der Waals surface area (Å²) in [5.41, 5.74) is 7.80. The van der Waals surface area contributed by atoms with Crippen LogP contribution in [0.25, 0.3) is 0 Å². The van der Waals surface area contributed by atoms with Crippen LogP contribution < -0.4 is 11.3 Å². The maximum atomic E-state index is 12.6. The number of nitrogens with zero attached hydrogens (tertiary/aromatic N) is 2. The topological polar surface area (TPSA) is 112 Å². The maximum absolute atomic E-state index is 12.6. The Balaban J connectivity index is 1.56. The van der Waals surface area contributed by atoms with Crippen molar-refractivity contribution in [1.82, 2.24) is 14.9 Å². The molecule has 130 valence electrons.